The van der Waals surface area contributed by atoms with Gasteiger partial charge in [-0.1, -0.05) is 56.0 Å². The number of carbonyl (C=O) groups is 1. The molecule has 1 amide bonds. The molecule has 0 bridgehead atoms. The van der Waals surface area contributed by atoms with Crippen molar-refractivity contribution in [1.29, 1.82) is 0 Å². The number of nitrogens with one attached hydrogen (secondary N) is 1. The van der Waals surface area contributed by atoms with Gasteiger partial charge in [-0.2, -0.15) is 0 Å². The first kappa shape index (κ1) is 19.3. The summed E-state index contributed by atoms with van der Waals surface area (Å²) < 4.78 is 1.97. The van der Waals surface area contributed by atoms with Crippen molar-refractivity contribution in [3.8, 4) is 11.4 Å². The lowest BCUT2D eigenvalue weighted by atomic mass is 10.0. The van der Waals surface area contributed by atoms with Gasteiger partial charge in [0.2, 0.25) is 5.91 Å². The van der Waals surface area contributed by atoms with E-state index in [2.05, 4.69) is 65.2 Å². The number of amides is 1. The molecule has 3 aromatic rings. The minimum absolute atomic E-state index is 0.120. The van der Waals surface area contributed by atoms with Crippen LogP contribution < -0.4 is 5.32 Å². The van der Waals surface area contributed by atoms with Crippen molar-refractivity contribution in [2.45, 2.75) is 31.5 Å². The van der Waals surface area contributed by atoms with Crippen LogP contribution in [0.2, 0.25) is 0 Å². The van der Waals surface area contributed by atoms with Gasteiger partial charge >= 0.3 is 0 Å². The molecule has 27 heavy (non-hydrogen) atoms. The fraction of sp³-hybridized carbons (Fsp3) is 0.263. The number of aromatic nitrogens is 4. The summed E-state index contributed by atoms with van der Waals surface area (Å²) in [5, 5.41) is 14.5. The molecule has 0 unspecified atom stereocenters. The van der Waals surface area contributed by atoms with Crippen LogP contribution in [-0.2, 0) is 11.3 Å². The normalized spacial score (nSPS) is 10.9. The molecule has 0 saturated heterocycles. The molecule has 0 aliphatic carbocycles. The zero-order valence-electron chi connectivity index (χ0n) is 15.3. The van der Waals surface area contributed by atoms with Crippen LogP contribution in [0.3, 0.4) is 0 Å². The van der Waals surface area contributed by atoms with Gasteiger partial charge in [0.25, 0.3) is 0 Å². The highest BCUT2D eigenvalue weighted by atomic mass is 32.2. The van der Waals surface area contributed by atoms with Gasteiger partial charge in [-0.25, -0.2) is 4.98 Å². The number of thiazole rings is 1. The van der Waals surface area contributed by atoms with Crippen molar-refractivity contribution in [2.75, 3.05) is 11.1 Å². The van der Waals surface area contributed by atoms with E-state index in [1.54, 1.807) is 12.3 Å². The summed E-state index contributed by atoms with van der Waals surface area (Å²) in [6, 6.07) is 8.34. The average Bonchev–Trinajstić information content (AvgIpc) is 3.30. The van der Waals surface area contributed by atoms with Crippen LogP contribution in [0.15, 0.2) is 53.7 Å². The molecule has 1 N–H and O–H groups in total. The molecule has 2 heterocycles. The Morgan fingerprint density at radius 3 is 2.74 bits per heavy atom. The van der Waals surface area contributed by atoms with E-state index in [4.69, 9.17) is 0 Å². The number of benzene rings is 1. The Balaban J connectivity index is 1.74. The smallest absolute Gasteiger partial charge is 0.236 e. The third kappa shape index (κ3) is 4.84. The third-order valence-corrected chi connectivity index (χ3v) is 5.53. The molecule has 0 atom stereocenters. The largest absolute Gasteiger partial charge is 0.301 e. The van der Waals surface area contributed by atoms with E-state index < -0.39 is 0 Å². The minimum Gasteiger partial charge on any atom is -0.301 e. The topological polar surface area (TPSA) is 72.7 Å². The Kier molecular flexibility index (Phi) is 6.41. The highest BCUT2D eigenvalue weighted by Gasteiger charge is 2.15. The molecule has 3 rings (SSSR count). The first-order chi connectivity index (χ1) is 13.1. The number of anilines is 1. The fourth-order valence-corrected chi connectivity index (χ4v) is 3.78. The number of hydrogen-bond acceptors (Lipinski definition) is 6. The highest BCUT2D eigenvalue weighted by Crippen LogP contribution is 2.26. The summed E-state index contributed by atoms with van der Waals surface area (Å²) in [7, 11) is 0. The molecule has 0 aliphatic heterocycles. The molecule has 140 valence electrons. The highest BCUT2D eigenvalue weighted by molar-refractivity contribution is 7.99. The minimum atomic E-state index is -0.120. The first-order valence-electron chi connectivity index (χ1n) is 8.55. The van der Waals surface area contributed by atoms with E-state index >= 15 is 0 Å². The monoisotopic (exact) mass is 399 g/mol. The Hall–Kier alpha value is -2.45. The predicted molar refractivity (Wildman–Crippen MR) is 111 cm³/mol. The summed E-state index contributed by atoms with van der Waals surface area (Å²) in [5.41, 5.74) is 2.27. The van der Waals surface area contributed by atoms with Crippen molar-refractivity contribution < 1.29 is 4.79 Å². The SMILES string of the molecule is C=CCn1c(SCC(=O)Nc2nccs2)nnc1-c1ccc(C(C)C)cc1. The lowest BCUT2D eigenvalue weighted by Crippen LogP contribution is -2.14. The Bertz CT molecular complexity index is 901. The van der Waals surface area contributed by atoms with E-state index in [9.17, 15) is 4.79 Å². The molecule has 0 aliphatic rings. The zero-order valence-corrected chi connectivity index (χ0v) is 16.9. The quantitative estimate of drug-likeness (QED) is 0.448. The van der Waals surface area contributed by atoms with Crippen LogP contribution in [0, 0.1) is 0 Å². The number of nitrogens with zero attached hydrogens (tertiary/aromatic N) is 4. The van der Waals surface area contributed by atoms with Gasteiger partial charge in [0.15, 0.2) is 16.1 Å². The second-order valence-corrected chi connectivity index (χ2v) is 7.99. The van der Waals surface area contributed by atoms with Gasteiger partial charge < -0.3 is 5.32 Å². The van der Waals surface area contributed by atoms with Crippen LogP contribution in [-0.4, -0.2) is 31.4 Å². The molecule has 8 heteroatoms. The molecular formula is C19H21N5OS2. The maximum Gasteiger partial charge on any atom is 0.236 e. The van der Waals surface area contributed by atoms with Gasteiger partial charge in [-0.3, -0.25) is 9.36 Å². The molecule has 0 spiro atoms. The van der Waals surface area contributed by atoms with Gasteiger partial charge in [0, 0.05) is 23.7 Å². The maximum absolute atomic E-state index is 12.1. The molecule has 0 radical (unpaired) electrons. The van der Waals surface area contributed by atoms with Gasteiger partial charge in [0.1, 0.15) is 0 Å². The Labute approximate surface area is 166 Å². The van der Waals surface area contributed by atoms with Gasteiger partial charge in [0.05, 0.1) is 5.75 Å². The summed E-state index contributed by atoms with van der Waals surface area (Å²) in [6.07, 6.45) is 3.46. The van der Waals surface area contributed by atoms with Crippen molar-refractivity contribution in [1.82, 2.24) is 19.7 Å². The number of hydrogen-bond donors (Lipinski definition) is 1. The molecule has 0 saturated carbocycles. The number of carbonyl (C=O) groups excluding carboxylic acids is 1. The van der Waals surface area contributed by atoms with Crippen molar-refractivity contribution in [2.24, 2.45) is 0 Å². The lowest BCUT2D eigenvalue weighted by Gasteiger charge is -2.09. The number of allylic oxidation sites excluding steroid dienone is 1. The summed E-state index contributed by atoms with van der Waals surface area (Å²) in [6.45, 7) is 8.73. The molecule has 1 aromatic carbocycles. The van der Waals surface area contributed by atoms with Gasteiger partial charge in [-0.15, -0.1) is 28.1 Å². The van der Waals surface area contributed by atoms with E-state index in [0.717, 1.165) is 11.4 Å². The van der Waals surface area contributed by atoms with Crippen LogP contribution >= 0.6 is 23.1 Å². The predicted octanol–water partition coefficient (Wildman–Crippen LogP) is 4.44. The second-order valence-electron chi connectivity index (χ2n) is 6.16. The molecule has 6 nitrogen and oxygen atoms in total. The first-order valence-corrected chi connectivity index (χ1v) is 10.4. The average molecular weight is 400 g/mol. The van der Waals surface area contributed by atoms with Crippen LogP contribution in [0.1, 0.15) is 25.3 Å². The van der Waals surface area contributed by atoms with E-state index in [1.807, 2.05) is 9.95 Å². The Morgan fingerprint density at radius 1 is 1.33 bits per heavy atom. The second kappa shape index (κ2) is 8.96. The summed E-state index contributed by atoms with van der Waals surface area (Å²) >= 11 is 2.74. The molecule has 2 aromatic heterocycles. The zero-order chi connectivity index (χ0) is 19.2. The standard InChI is InChI=1S/C19H21N5OS2/c1-4-10-24-17(15-7-5-14(6-8-15)13(2)3)22-23-19(24)27-12-16(25)21-18-20-9-11-26-18/h4-9,11,13H,1,10,12H2,2-3H3,(H,20,21,25). The van der Waals surface area contributed by atoms with Crippen LogP contribution in [0.5, 0.6) is 0 Å². The maximum atomic E-state index is 12.1. The van der Waals surface area contributed by atoms with E-state index in [1.165, 1.54) is 28.7 Å². The van der Waals surface area contributed by atoms with Crippen molar-refractivity contribution in [3.63, 3.8) is 0 Å². The summed E-state index contributed by atoms with van der Waals surface area (Å²) in [5.74, 6) is 1.37. The van der Waals surface area contributed by atoms with E-state index in [-0.39, 0.29) is 11.7 Å². The van der Waals surface area contributed by atoms with Crippen LogP contribution in [0.4, 0.5) is 5.13 Å². The van der Waals surface area contributed by atoms with Crippen LogP contribution in [0.25, 0.3) is 11.4 Å². The van der Waals surface area contributed by atoms with Gasteiger partial charge in [-0.05, 0) is 11.5 Å². The van der Waals surface area contributed by atoms with Crippen molar-refractivity contribution in [3.05, 3.63) is 54.1 Å². The van der Waals surface area contributed by atoms with E-state index in [0.29, 0.717) is 22.8 Å². The summed E-state index contributed by atoms with van der Waals surface area (Å²) in [4.78, 5) is 16.1. The number of thioether (sulfide) groups is 1. The Morgan fingerprint density at radius 2 is 2.11 bits per heavy atom. The lowest BCUT2D eigenvalue weighted by molar-refractivity contribution is -0.113. The third-order valence-electron chi connectivity index (χ3n) is 3.88. The molecular weight excluding hydrogens is 378 g/mol. The molecule has 0 fully saturated rings. The fourth-order valence-electron chi connectivity index (χ4n) is 2.49. The van der Waals surface area contributed by atoms with Crippen molar-refractivity contribution >= 4 is 34.1 Å². The number of rotatable bonds is 8.